The molecule has 8 nitrogen and oxygen atoms in total. The summed E-state index contributed by atoms with van der Waals surface area (Å²) in [6.07, 6.45) is 0. The van der Waals surface area contributed by atoms with Gasteiger partial charge in [-0.05, 0) is 34.7 Å². The number of aliphatic hydroxyl groups excluding tert-OH is 1. The summed E-state index contributed by atoms with van der Waals surface area (Å²) in [5.41, 5.74) is 2.38. The zero-order chi connectivity index (χ0) is 25.4. The second kappa shape index (κ2) is 9.59. The van der Waals surface area contributed by atoms with Crippen LogP contribution in [-0.2, 0) is 19.7 Å². The van der Waals surface area contributed by atoms with Crippen LogP contribution in [-0.4, -0.2) is 72.8 Å². The third-order valence-electron chi connectivity index (χ3n) is 7.04. The van der Waals surface area contributed by atoms with Gasteiger partial charge in [0.25, 0.3) is 11.7 Å². The van der Waals surface area contributed by atoms with Crippen LogP contribution in [0.3, 0.4) is 0 Å². The van der Waals surface area contributed by atoms with Crippen molar-refractivity contribution in [1.29, 1.82) is 0 Å². The molecule has 0 aromatic heterocycles. The number of hydrogen-bond donors (Lipinski definition) is 1. The lowest BCUT2D eigenvalue weighted by Gasteiger charge is -2.31. The molecule has 3 aliphatic heterocycles. The van der Waals surface area contributed by atoms with Gasteiger partial charge in [0.2, 0.25) is 6.79 Å². The number of hydrogen-bond acceptors (Lipinski definition) is 7. The highest BCUT2D eigenvalue weighted by molar-refractivity contribution is 6.46. The number of likely N-dealkylation sites (tertiary alicyclic amines) is 1. The van der Waals surface area contributed by atoms with Crippen LogP contribution < -0.4 is 9.47 Å². The molecule has 3 aliphatic rings. The number of amides is 1. The minimum Gasteiger partial charge on any atom is -0.507 e. The lowest BCUT2D eigenvalue weighted by atomic mass is 9.85. The van der Waals surface area contributed by atoms with E-state index in [4.69, 9.17) is 14.2 Å². The van der Waals surface area contributed by atoms with Crippen molar-refractivity contribution < 1.29 is 28.9 Å². The lowest BCUT2D eigenvalue weighted by molar-refractivity contribution is -0.140. The number of morpholine rings is 1. The SMILES string of the molecule is CC(C)(C)c1ccc([C@H]2C(=C(O)c3ccc4c(c3)OCO4)C(=O)C(=O)N2CCN2CCOCC2)cc1. The summed E-state index contributed by atoms with van der Waals surface area (Å²) < 4.78 is 16.3. The van der Waals surface area contributed by atoms with Gasteiger partial charge in [-0.3, -0.25) is 14.5 Å². The molecule has 1 N–H and O–H groups in total. The van der Waals surface area contributed by atoms with Gasteiger partial charge in [-0.15, -0.1) is 0 Å². The van der Waals surface area contributed by atoms with Crippen LogP contribution >= 0.6 is 0 Å². The first-order chi connectivity index (χ1) is 17.2. The number of ether oxygens (including phenoxy) is 3. The van der Waals surface area contributed by atoms with Gasteiger partial charge in [0.05, 0.1) is 24.8 Å². The van der Waals surface area contributed by atoms with E-state index in [1.165, 1.54) is 0 Å². The molecule has 2 aromatic carbocycles. The van der Waals surface area contributed by atoms with Crippen molar-refractivity contribution >= 4 is 17.4 Å². The fourth-order valence-corrected chi connectivity index (χ4v) is 4.90. The van der Waals surface area contributed by atoms with E-state index in [1.54, 1.807) is 23.1 Å². The second-order valence-corrected chi connectivity index (χ2v) is 10.4. The second-order valence-electron chi connectivity index (χ2n) is 10.4. The highest BCUT2D eigenvalue weighted by Crippen LogP contribution is 2.41. The summed E-state index contributed by atoms with van der Waals surface area (Å²) in [6, 6.07) is 12.3. The molecule has 1 amide bonds. The molecule has 2 saturated heterocycles. The average molecular weight is 493 g/mol. The molecule has 0 spiro atoms. The summed E-state index contributed by atoms with van der Waals surface area (Å²) in [5, 5.41) is 11.3. The van der Waals surface area contributed by atoms with E-state index in [-0.39, 0.29) is 23.5 Å². The summed E-state index contributed by atoms with van der Waals surface area (Å²) >= 11 is 0. The molecule has 8 heteroatoms. The Morgan fingerprint density at radius 3 is 2.36 bits per heavy atom. The number of ketones is 1. The van der Waals surface area contributed by atoms with E-state index in [1.807, 2.05) is 24.3 Å². The number of aliphatic hydroxyl groups is 1. The van der Waals surface area contributed by atoms with E-state index >= 15 is 0 Å². The number of rotatable bonds is 5. The quantitative estimate of drug-likeness (QED) is 0.388. The zero-order valence-corrected chi connectivity index (χ0v) is 21.0. The lowest BCUT2D eigenvalue weighted by Crippen LogP contribution is -2.42. The largest absolute Gasteiger partial charge is 0.507 e. The van der Waals surface area contributed by atoms with Crippen LogP contribution in [0.4, 0.5) is 0 Å². The number of Topliss-reactive ketones (excluding diaryl/α,β-unsaturated/α-hetero) is 1. The number of carbonyl (C=O) groups excluding carboxylic acids is 2. The van der Waals surface area contributed by atoms with E-state index in [2.05, 4.69) is 25.7 Å². The number of carbonyl (C=O) groups is 2. The van der Waals surface area contributed by atoms with Gasteiger partial charge in [0.1, 0.15) is 5.76 Å². The summed E-state index contributed by atoms with van der Waals surface area (Å²) in [6.45, 7) is 10.4. The third kappa shape index (κ3) is 4.58. The molecule has 5 rings (SSSR count). The molecule has 0 radical (unpaired) electrons. The predicted molar refractivity (Wildman–Crippen MR) is 134 cm³/mol. The van der Waals surface area contributed by atoms with Crippen molar-refractivity contribution in [3.05, 3.63) is 64.7 Å². The topological polar surface area (TPSA) is 88.5 Å². The molecule has 0 aliphatic carbocycles. The molecule has 36 heavy (non-hydrogen) atoms. The molecule has 190 valence electrons. The highest BCUT2D eigenvalue weighted by atomic mass is 16.7. The summed E-state index contributed by atoms with van der Waals surface area (Å²) in [7, 11) is 0. The smallest absolute Gasteiger partial charge is 0.295 e. The first-order valence-electron chi connectivity index (χ1n) is 12.3. The van der Waals surface area contributed by atoms with E-state index in [9.17, 15) is 14.7 Å². The van der Waals surface area contributed by atoms with Crippen LogP contribution in [0.2, 0.25) is 0 Å². The highest BCUT2D eigenvalue weighted by Gasteiger charge is 2.46. The Balaban J connectivity index is 1.54. The van der Waals surface area contributed by atoms with E-state index in [0.717, 1.165) is 24.2 Å². The average Bonchev–Trinajstić information content (AvgIpc) is 3.44. The van der Waals surface area contributed by atoms with Crippen molar-refractivity contribution in [2.75, 3.05) is 46.2 Å². The maximum absolute atomic E-state index is 13.3. The number of nitrogens with zero attached hydrogens (tertiary/aromatic N) is 2. The fourth-order valence-electron chi connectivity index (χ4n) is 4.90. The van der Waals surface area contributed by atoms with Gasteiger partial charge in [-0.1, -0.05) is 45.0 Å². The van der Waals surface area contributed by atoms with Crippen LogP contribution in [0.15, 0.2) is 48.0 Å². The van der Waals surface area contributed by atoms with Crippen LogP contribution in [0.1, 0.15) is 43.5 Å². The Bertz CT molecular complexity index is 1190. The van der Waals surface area contributed by atoms with Gasteiger partial charge < -0.3 is 24.2 Å². The van der Waals surface area contributed by atoms with E-state index in [0.29, 0.717) is 43.4 Å². The molecular weight excluding hydrogens is 460 g/mol. The van der Waals surface area contributed by atoms with Crippen molar-refractivity contribution in [3.63, 3.8) is 0 Å². The maximum Gasteiger partial charge on any atom is 0.295 e. The van der Waals surface area contributed by atoms with Gasteiger partial charge in [-0.2, -0.15) is 0 Å². The molecule has 3 heterocycles. The van der Waals surface area contributed by atoms with Gasteiger partial charge in [-0.25, -0.2) is 0 Å². The minimum absolute atomic E-state index is 0.0385. The normalized spacial score (nSPS) is 21.9. The Labute approximate surface area is 211 Å². The van der Waals surface area contributed by atoms with Crippen LogP contribution in [0, 0.1) is 0 Å². The predicted octanol–water partition coefficient (Wildman–Crippen LogP) is 3.47. The Morgan fingerprint density at radius 2 is 1.67 bits per heavy atom. The Morgan fingerprint density at radius 1 is 0.972 bits per heavy atom. The maximum atomic E-state index is 13.3. The van der Waals surface area contributed by atoms with Crippen LogP contribution in [0.5, 0.6) is 11.5 Å². The molecule has 1 atom stereocenters. The van der Waals surface area contributed by atoms with E-state index < -0.39 is 17.7 Å². The van der Waals surface area contributed by atoms with Crippen molar-refractivity contribution in [1.82, 2.24) is 9.80 Å². The van der Waals surface area contributed by atoms with Gasteiger partial charge >= 0.3 is 0 Å². The Hall–Kier alpha value is -3.36. The van der Waals surface area contributed by atoms with Crippen molar-refractivity contribution in [3.8, 4) is 11.5 Å². The third-order valence-corrected chi connectivity index (χ3v) is 7.04. The number of benzene rings is 2. The number of fused-ring (bicyclic) bond motifs is 1. The summed E-state index contributed by atoms with van der Waals surface area (Å²) in [5.74, 6) is -0.434. The standard InChI is InChI=1S/C28H32N2O6/c1-28(2,3)20-7-4-18(5-8-20)24-23(25(31)19-6-9-21-22(16-19)36-17-35-21)26(32)27(33)30(24)11-10-29-12-14-34-15-13-29/h4-9,16,24,31H,10-15,17H2,1-3H3/t24-/m0/s1. The van der Waals surface area contributed by atoms with Gasteiger partial charge in [0.15, 0.2) is 11.5 Å². The Kier molecular flexibility index (Phi) is 6.49. The van der Waals surface area contributed by atoms with Crippen molar-refractivity contribution in [2.45, 2.75) is 32.2 Å². The minimum atomic E-state index is -0.689. The van der Waals surface area contributed by atoms with Crippen molar-refractivity contribution in [2.24, 2.45) is 0 Å². The first kappa shape index (κ1) is 24.3. The molecule has 0 unspecified atom stereocenters. The zero-order valence-electron chi connectivity index (χ0n) is 21.0. The van der Waals surface area contributed by atoms with Crippen LogP contribution in [0.25, 0.3) is 5.76 Å². The monoisotopic (exact) mass is 492 g/mol. The molecular formula is C28H32N2O6. The van der Waals surface area contributed by atoms with Gasteiger partial charge in [0, 0.05) is 31.7 Å². The molecule has 0 bridgehead atoms. The molecule has 2 fully saturated rings. The summed E-state index contributed by atoms with van der Waals surface area (Å²) in [4.78, 5) is 30.4. The molecule has 0 saturated carbocycles. The fraction of sp³-hybridized carbons (Fsp3) is 0.429. The molecule has 2 aromatic rings. The first-order valence-corrected chi connectivity index (χ1v) is 12.3.